The molecule has 1 aliphatic rings. The van der Waals surface area contributed by atoms with E-state index >= 15 is 0 Å². The molecule has 0 aliphatic carbocycles. The first-order valence-corrected chi connectivity index (χ1v) is 7.98. The number of fused-ring (bicyclic) bond motifs is 1. The molecule has 0 radical (unpaired) electrons. The van der Waals surface area contributed by atoms with Crippen LogP contribution in [0.2, 0.25) is 5.02 Å². The number of methoxy groups -OCH3 is 1. The first-order chi connectivity index (χ1) is 11.6. The van der Waals surface area contributed by atoms with Crippen molar-refractivity contribution in [3.8, 4) is 0 Å². The fraction of sp³-hybridized carbons (Fsp3) is 0.222. The Morgan fingerprint density at radius 3 is 2.83 bits per heavy atom. The van der Waals surface area contributed by atoms with Gasteiger partial charge in [-0.2, -0.15) is 0 Å². The summed E-state index contributed by atoms with van der Waals surface area (Å²) >= 11 is 5.99. The molecule has 2 aromatic rings. The molecule has 0 bridgehead atoms. The van der Waals surface area contributed by atoms with E-state index in [1.807, 2.05) is 24.3 Å². The van der Waals surface area contributed by atoms with Crippen molar-refractivity contribution < 1.29 is 14.3 Å². The average molecular weight is 345 g/mol. The number of halogens is 1. The van der Waals surface area contributed by atoms with E-state index in [0.717, 1.165) is 12.1 Å². The minimum atomic E-state index is -0.511. The Labute approximate surface area is 145 Å². The van der Waals surface area contributed by atoms with Gasteiger partial charge in [0.15, 0.2) is 0 Å². The van der Waals surface area contributed by atoms with Gasteiger partial charge in [0.25, 0.3) is 0 Å². The van der Waals surface area contributed by atoms with E-state index in [0.29, 0.717) is 17.3 Å². The smallest absolute Gasteiger partial charge is 0.339 e. The lowest BCUT2D eigenvalue weighted by Crippen LogP contribution is -2.34. The quantitative estimate of drug-likeness (QED) is 0.866. The largest absolute Gasteiger partial charge is 0.465 e. The fourth-order valence-electron chi connectivity index (χ4n) is 2.77. The number of carbonyl (C=O) groups is 2. The van der Waals surface area contributed by atoms with E-state index in [1.165, 1.54) is 12.7 Å². The molecule has 0 spiro atoms. The molecule has 0 fully saturated rings. The summed E-state index contributed by atoms with van der Waals surface area (Å²) in [5, 5.41) is 3.35. The van der Waals surface area contributed by atoms with Gasteiger partial charge in [-0.05, 0) is 36.2 Å². The Bertz CT molecular complexity index is 792. The number of hydrogen-bond donors (Lipinski definition) is 1. The lowest BCUT2D eigenvalue weighted by atomic mass is 10.2. The third-order valence-corrected chi connectivity index (χ3v) is 4.33. The van der Waals surface area contributed by atoms with E-state index < -0.39 is 5.97 Å². The van der Waals surface area contributed by atoms with Crippen molar-refractivity contribution in [3.63, 3.8) is 0 Å². The van der Waals surface area contributed by atoms with Crippen LogP contribution in [0.15, 0.2) is 42.5 Å². The van der Waals surface area contributed by atoms with Gasteiger partial charge < -0.3 is 15.0 Å². The van der Waals surface area contributed by atoms with Crippen LogP contribution in [0.25, 0.3) is 0 Å². The maximum atomic E-state index is 12.5. The number of ether oxygens (including phenoxy) is 1. The molecule has 1 amide bonds. The molecule has 0 saturated carbocycles. The normalized spacial score (nSPS) is 12.7. The van der Waals surface area contributed by atoms with Gasteiger partial charge in [0, 0.05) is 17.9 Å². The Kier molecular flexibility index (Phi) is 4.71. The number of carbonyl (C=O) groups excluding carboxylic acids is 2. The molecular formula is C18H17ClN2O3. The molecular weight excluding hydrogens is 328 g/mol. The Morgan fingerprint density at radius 1 is 1.25 bits per heavy atom. The van der Waals surface area contributed by atoms with Gasteiger partial charge in [-0.1, -0.05) is 29.8 Å². The van der Waals surface area contributed by atoms with Crippen molar-refractivity contribution in [3.05, 3.63) is 58.6 Å². The second-order valence-electron chi connectivity index (χ2n) is 5.46. The zero-order chi connectivity index (χ0) is 17.1. The third-order valence-electron chi connectivity index (χ3n) is 4.00. The monoisotopic (exact) mass is 344 g/mol. The van der Waals surface area contributed by atoms with Crippen LogP contribution in [0.1, 0.15) is 15.9 Å². The highest BCUT2D eigenvalue weighted by atomic mass is 35.5. The molecule has 1 N–H and O–H groups in total. The molecule has 0 unspecified atom stereocenters. The van der Waals surface area contributed by atoms with E-state index in [9.17, 15) is 9.59 Å². The summed E-state index contributed by atoms with van der Waals surface area (Å²) in [5.74, 6) is -0.530. The Morgan fingerprint density at radius 2 is 2.04 bits per heavy atom. The number of amides is 1. The zero-order valence-corrected chi connectivity index (χ0v) is 14.0. The standard InChI is InChI=1S/C18H17ClN2O3/c1-24-18(23)14-10-13(6-7-15(14)19)20-11-17(22)21-9-8-12-4-2-3-5-16(12)21/h2-7,10,20H,8-9,11H2,1H3. The van der Waals surface area contributed by atoms with Gasteiger partial charge in [-0.25, -0.2) is 4.79 Å². The fourth-order valence-corrected chi connectivity index (χ4v) is 2.97. The number of benzene rings is 2. The van der Waals surface area contributed by atoms with Crippen LogP contribution < -0.4 is 10.2 Å². The molecule has 2 aromatic carbocycles. The molecule has 124 valence electrons. The van der Waals surface area contributed by atoms with Crippen LogP contribution in [0, 0.1) is 0 Å². The predicted molar refractivity (Wildman–Crippen MR) is 93.8 cm³/mol. The lowest BCUT2D eigenvalue weighted by Gasteiger charge is -2.18. The van der Waals surface area contributed by atoms with Crippen LogP contribution in [0.5, 0.6) is 0 Å². The molecule has 1 heterocycles. The van der Waals surface area contributed by atoms with Crippen LogP contribution in [-0.4, -0.2) is 32.1 Å². The van der Waals surface area contributed by atoms with E-state index in [1.54, 1.807) is 23.1 Å². The number of nitrogens with zero attached hydrogens (tertiary/aromatic N) is 1. The molecule has 3 rings (SSSR count). The zero-order valence-electron chi connectivity index (χ0n) is 13.2. The molecule has 0 aromatic heterocycles. The Hall–Kier alpha value is -2.53. The first kappa shape index (κ1) is 16.3. The summed E-state index contributed by atoms with van der Waals surface area (Å²) in [7, 11) is 1.30. The van der Waals surface area contributed by atoms with Crippen LogP contribution >= 0.6 is 11.6 Å². The third kappa shape index (κ3) is 3.21. The van der Waals surface area contributed by atoms with Crippen molar-refractivity contribution in [1.82, 2.24) is 0 Å². The average Bonchev–Trinajstić information content (AvgIpc) is 3.04. The molecule has 1 aliphatic heterocycles. The highest BCUT2D eigenvalue weighted by molar-refractivity contribution is 6.33. The summed E-state index contributed by atoms with van der Waals surface area (Å²) in [6.07, 6.45) is 0.870. The van der Waals surface area contributed by atoms with Crippen molar-refractivity contribution in [2.75, 3.05) is 30.4 Å². The number of nitrogens with one attached hydrogen (secondary N) is 1. The SMILES string of the molecule is COC(=O)c1cc(NCC(=O)N2CCc3ccccc32)ccc1Cl. The van der Waals surface area contributed by atoms with Gasteiger partial charge in [-0.15, -0.1) is 0 Å². The molecule has 5 nitrogen and oxygen atoms in total. The number of para-hydroxylation sites is 1. The molecule has 24 heavy (non-hydrogen) atoms. The maximum absolute atomic E-state index is 12.5. The van der Waals surface area contributed by atoms with Crippen molar-refractivity contribution in [2.24, 2.45) is 0 Å². The van der Waals surface area contributed by atoms with Gasteiger partial charge in [-0.3, -0.25) is 4.79 Å². The first-order valence-electron chi connectivity index (χ1n) is 7.60. The highest BCUT2D eigenvalue weighted by Gasteiger charge is 2.23. The second kappa shape index (κ2) is 6.93. The second-order valence-corrected chi connectivity index (χ2v) is 5.87. The Balaban J connectivity index is 1.68. The van der Waals surface area contributed by atoms with E-state index in [-0.39, 0.29) is 18.0 Å². The summed E-state index contributed by atoms with van der Waals surface area (Å²) in [4.78, 5) is 25.9. The van der Waals surface area contributed by atoms with Gasteiger partial charge in [0.2, 0.25) is 5.91 Å². The maximum Gasteiger partial charge on any atom is 0.339 e. The minimum absolute atomic E-state index is 0.0190. The van der Waals surface area contributed by atoms with Gasteiger partial charge in [0.1, 0.15) is 0 Å². The number of anilines is 2. The van der Waals surface area contributed by atoms with Gasteiger partial charge >= 0.3 is 5.97 Å². The minimum Gasteiger partial charge on any atom is -0.465 e. The van der Waals surface area contributed by atoms with Crippen LogP contribution in [0.3, 0.4) is 0 Å². The summed E-state index contributed by atoms with van der Waals surface area (Å²) in [6.45, 7) is 0.824. The van der Waals surface area contributed by atoms with Crippen molar-refractivity contribution in [1.29, 1.82) is 0 Å². The molecule has 0 atom stereocenters. The van der Waals surface area contributed by atoms with Crippen molar-refractivity contribution >= 4 is 34.9 Å². The lowest BCUT2D eigenvalue weighted by molar-refractivity contribution is -0.116. The van der Waals surface area contributed by atoms with Crippen molar-refractivity contribution in [2.45, 2.75) is 6.42 Å². The predicted octanol–water partition coefficient (Wildman–Crippen LogP) is 3.13. The molecule has 6 heteroatoms. The summed E-state index contributed by atoms with van der Waals surface area (Å²) in [6, 6.07) is 12.8. The number of hydrogen-bond acceptors (Lipinski definition) is 4. The van der Waals surface area contributed by atoms with Gasteiger partial charge in [0.05, 0.1) is 24.2 Å². The number of esters is 1. The summed E-state index contributed by atoms with van der Waals surface area (Å²) in [5.41, 5.74) is 3.06. The van der Waals surface area contributed by atoms with E-state index in [2.05, 4.69) is 5.32 Å². The summed E-state index contributed by atoms with van der Waals surface area (Å²) < 4.78 is 4.69. The number of rotatable bonds is 4. The van der Waals surface area contributed by atoms with Crippen LogP contribution in [-0.2, 0) is 16.0 Å². The van der Waals surface area contributed by atoms with Crippen LogP contribution in [0.4, 0.5) is 11.4 Å². The van der Waals surface area contributed by atoms with E-state index in [4.69, 9.17) is 16.3 Å². The topological polar surface area (TPSA) is 58.6 Å². The highest BCUT2D eigenvalue weighted by Crippen LogP contribution is 2.27. The molecule has 0 saturated heterocycles.